The predicted octanol–water partition coefficient (Wildman–Crippen LogP) is 10.0. The van der Waals surface area contributed by atoms with Gasteiger partial charge in [-0.15, -0.1) is 0 Å². The average Bonchev–Trinajstić information content (AvgIpc) is 2.90. The molecule has 0 heterocycles. The predicted molar refractivity (Wildman–Crippen MR) is 161 cm³/mol. The molecular formula is C30H59O6PS. The first-order chi connectivity index (χ1) is 18.4. The summed E-state index contributed by atoms with van der Waals surface area (Å²) < 4.78 is 22.9. The highest BCUT2D eigenvalue weighted by molar-refractivity contribution is 7.99. The molecule has 226 valence electrons. The number of carbonyl (C=O) groups excluding carboxylic acids is 1. The lowest BCUT2D eigenvalue weighted by atomic mass is 10.1. The lowest BCUT2D eigenvalue weighted by Gasteiger charge is -2.28. The molecule has 0 N–H and O–H groups in total. The van der Waals surface area contributed by atoms with Crippen molar-refractivity contribution in [2.75, 3.05) is 12.4 Å². The highest BCUT2D eigenvalue weighted by atomic mass is 32.2. The topological polar surface area (TPSA) is 71.1 Å². The van der Waals surface area contributed by atoms with Crippen LogP contribution >= 0.6 is 20.2 Å². The molecule has 0 bridgehead atoms. The molecule has 38 heavy (non-hydrogen) atoms. The number of carbonyl (C=O) groups is 1. The van der Waals surface area contributed by atoms with Crippen LogP contribution in [0.2, 0.25) is 0 Å². The zero-order chi connectivity index (χ0) is 28.5. The van der Waals surface area contributed by atoms with Crippen LogP contribution in [0.5, 0.6) is 0 Å². The fourth-order valence-electron chi connectivity index (χ4n) is 4.15. The minimum absolute atomic E-state index is 0.203. The van der Waals surface area contributed by atoms with Crippen LogP contribution in [0.25, 0.3) is 0 Å². The molecule has 3 unspecified atom stereocenters. The van der Waals surface area contributed by atoms with Crippen molar-refractivity contribution in [2.24, 2.45) is 0 Å². The average molecular weight is 579 g/mol. The van der Waals surface area contributed by atoms with Gasteiger partial charge in [0.15, 0.2) is 0 Å². The van der Waals surface area contributed by atoms with Gasteiger partial charge in [-0.2, -0.15) is 16.6 Å². The molecule has 0 radical (unpaired) electrons. The Labute approximate surface area is 240 Å². The molecule has 0 saturated heterocycles. The van der Waals surface area contributed by atoms with E-state index >= 15 is 0 Å². The van der Waals surface area contributed by atoms with Crippen molar-refractivity contribution >= 4 is 26.2 Å². The van der Waals surface area contributed by atoms with Crippen LogP contribution in [0.3, 0.4) is 0 Å². The van der Waals surface area contributed by atoms with Crippen LogP contribution < -0.4 is 0 Å². The molecule has 3 atom stereocenters. The van der Waals surface area contributed by atoms with E-state index in [1.807, 2.05) is 25.6 Å². The van der Waals surface area contributed by atoms with E-state index in [1.165, 1.54) is 89.9 Å². The largest absolute Gasteiger partial charge is 0.458 e. The summed E-state index contributed by atoms with van der Waals surface area (Å²) in [6, 6.07) is 0. The van der Waals surface area contributed by atoms with Crippen LogP contribution in [0.4, 0.5) is 0 Å². The third-order valence-electron chi connectivity index (χ3n) is 6.48. The van der Waals surface area contributed by atoms with Gasteiger partial charge in [-0.1, -0.05) is 111 Å². The number of ether oxygens (including phenoxy) is 2. The summed E-state index contributed by atoms with van der Waals surface area (Å²) in [6.45, 7) is 12.0. The molecule has 0 spiro atoms. The second-order valence-electron chi connectivity index (χ2n) is 10.7. The Morgan fingerprint density at radius 2 is 1.29 bits per heavy atom. The first kappa shape index (κ1) is 37.8. The Bertz CT molecular complexity index is 565. The molecule has 8 heteroatoms. The summed E-state index contributed by atoms with van der Waals surface area (Å²) in [7, 11) is -0.637. The van der Waals surface area contributed by atoms with Gasteiger partial charge in [0.25, 0.3) is 0 Å². The standard InChI is InChI=1S/C30H59O6PS/c1-7-10-12-14-16-18-20-22-25-38-28(23-21-19-17-15-13-11-8-2)27(6)35-36-30(37-32,33-24-9-3)29(31)34-26(4)5/h26-28H,7-25H2,1-6H3. The van der Waals surface area contributed by atoms with Gasteiger partial charge in [0.1, 0.15) is 6.10 Å². The van der Waals surface area contributed by atoms with Crippen molar-refractivity contribution in [3.05, 3.63) is 0 Å². The molecule has 0 aromatic rings. The van der Waals surface area contributed by atoms with Crippen LogP contribution in [0.15, 0.2) is 0 Å². The highest BCUT2D eigenvalue weighted by Gasteiger charge is 2.47. The lowest BCUT2D eigenvalue weighted by Crippen LogP contribution is -2.43. The number of unbranched alkanes of at least 4 members (excludes halogenated alkanes) is 13. The van der Waals surface area contributed by atoms with E-state index in [4.69, 9.17) is 19.2 Å². The van der Waals surface area contributed by atoms with Crippen molar-refractivity contribution in [3.8, 4) is 0 Å². The van der Waals surface area contributed by atoms with Crippen LogP contribution in [-0.2, 0) is 28.6 Å². The normalized spacial score (nSPS) is 15.0. The summed E-state index contributed by atoms with van der Waals surface area (Å²) in [4.78, 5) is 24.0. The highest BCUT2D eigenvalue weighted by Crippen LogP contribution is 2.32. The van der Waals surface area contributed by atoms with E-state index in [0.29, 0.717) is 6.42 Å². The molecule has 0 aromatic carbocycles. The first-order valence-electron chi connectivity index (χ1n) is 15.5. The number of thioether (sulfide) groups is 1. The van der Waals surface area contributed by atoms with Crippen LogP contribution in [0.1, 0.15) is 151 Å². The molecule has 0 aromatic heterocycles. The second kappa shape index (κ2) is 25.7. The third-order valence-corrected chi connectivity index (χ3v) is 8.68. The smallest absolute Gasteiger partial charge is 0.382 e. The van der Waals surface area contributed by atoms with Gasteiger partial charge < -0.3 is 9.47 Å². The molecular weight excluding hydrogens is 519 g/mol. The molecule has 0 fully saturated rings. The molecule has 0 aliphatic carbocycles. The lowest BCUT2D eigenvalue weighted by molar-refractivity contribution is -0.403. The molecule has 0 amide bonds. The zero-order valence-corrected chi connectivity index (χ0v) is 27.2. The Morgan fingerprint density at radius 1 is 0.763 bits per heavy atom. The van der Waals surface area contributed by atoms with Gasteiger partial charge in [0.05, 0.1) is 12.7 Å². The maximum atomic E-state index is 12.7. The fraction of sp³-hybridized carbons (Fsp3) is 0.967. The number of hydrogen-bond acceptors (Lipinski definition) is 7. The van der Waals surface area contributed by atoms with Crippen molar-refractivity contribution in [1.82, 2.24) is 0 Å². The van der Waals surface area contributed by atoms with Crippen molar-refractivity contribution < 1.29 is 28.6 Å². The van der Waals surface area contributed by atoms with E-state index < -0.39 is 20.0 Å². The van der Waals surface area contributed by atoms with Crippen LogP contribution in [-0.4, -0.2) is 41.3 Å². The number of hydrogen-bond donors (Lipinski definition) is 0. The molecule has 6 nitrogen and oxygen atoms in total. The Balaban J connectivity index is 4.90. The fourth-order valence-corrected chi connectivity index (χ4v) is 5.82. The van der Waals surface area contributed by atoms with Gasteiger partial charge in [-0.3, -0.25) is 4.57 Å². The quantitative estimate of drug-likeness (QED) is 0.0228. The van der Waals surface area contributed by atoms with Gasteiger partial charge in [-0.05, 0) is 45.8 Å². The van der Waals surface area contributed by atoms with E-state index in [9.17, 15) is 9.36 Å². The Hall–Kier alpha value is -0.200. The van der Waals surface area contributed by atoms with Gasteiger partial charge in [-0.25, -0.2) is 9.68 Å². The third kappa shape index (κ3) is 19.0. The van der Waals surface area contributed by atoms with Gasteiger partial charge in [0.2, 0.25) is 8.46 Å². The molecule has 0 saturated carbocycles. The minimum Gasteiger partial charge on any atom is -0.458 e. The minimum atomic E-state index is -2.10. The maximum Gasteiger partial charge on any atom is 0.382 e. The summed E-state index contributed by atoms with van der Waals surface area (Å²) in [5, 5.41) is 0.225. The van der Waals surface area contributed by atoms with E-state index in [0.717, 1.165) is 18.6 Å². The van der Waals surface area contributed by atoms with E-state index in [2.05, 4.69) is 13.8 Å². The molecule has 0 rings (SSSR count). The van der Waals surface area contributed by atoms with Crippen molar-refractivity contribution in [2.45, 2.75) is 174 Å². The molecule has 0 aliphatic rings. The summed E-state index contributed by atoms with van der Waals surface area (Å²) >= 11 is 1.93. The van der Waals surface area contributed by atoms with E-state index in [1.54, 1.807) is 13.8 Å². The molecule has 0 aliphatic heterocycles. The van der Waals surface area contributed by atoms with Gasteiger partial charge in [0, 0.05) is 5.25 Å². The maximum absolute atomic E-state index is 12.7. The summed E-state index contributed by atoms with van der Waals surface area (Å²) in [6.07, 6.45) is 20.3. The van der Waals surface area contributed by atoms with Gasteiger partial charge >= 0.3 is 11.5 Å². The van der Waals surface area contributed by atoms with Crippen molar-refractivity contribution in [3.63, 3.8) is 0 Å². The zero-order valence-electron chi connectivity index (χ0n) is 25.5. The Morgan fingerprint density at radius 3 is 1.79 bits per heavy atom. The number of esters is 1. The Kier molecular flexibility index (Phi) is 25.6. The van der Waals surface area contributed by atoms with Crippen LogP contribution in [0, 0.1) is 0 Å². The second-order valence-corrected chi connectivity index (χ2v) is 12.8. The monoisotopic (exact) mass is 578 g/mol. The number of rotatable bonds is 28. The summed E-state index contributed by atoms with van der Waals surface area (Å²) in [5.74, 6) is 0.247. The van der Waals surface area contributed by atoms with Crippen molar-refractivity contribution in [1.29, 1.82) is 0 Å². The first-order valence-corrected chi connectivity index (χ1v) is 17.4. The summed E-state index contributed by atoms with van der Waals surface area (Å²) in [5.41, 5.74) is -2.10. The van der Waals surface area contributed by atoms with E-state index in [-0.39, 0.29) is 24.1 Å². The SMILES string of the molecule is CCCCCCCCCCSC(CCCCCCCCC)C(C)OOC(OCCC)(P=O)C(=O)OC(C)C.